The fraction of sp³-hybridized carbons (Fsp3) is 0.636. The van der Waals surface area contributed by atoms with E-state index in [1.54, 1.807) is 0 Å². The fourth-order valence-corrected chi connectivity index (χ4v) is 4.02. The maximum atomic E-state index is 12.6. The molecule has 0 N–H and O–H groups in total. The predicted octanol–water partition coefficient (Wildman–Crippen LogP) is 3.32. The zero-order valence-electron chi connectivity index (χ0n) is 16.7. The van der Waals surface area contributed by atoms with Crippen LogP contribution in [-0.2, 0) is 9.59 Å². The Morgan fingerprint density at radius 2 is 1.70 bits per heavy atom. The summed E-state index contributed by atoms with van der Waals surface area (Å²) in [6, 6.07) is 6.11. The SMILES string of the molecule is Cc1ccc(C)c(OCCC(=O)N2CCC(C(=O)N3CCCCC3)CC2)c1. The second-order valence-corrected chi connectivity index (χ2v) is 7.91. The molecule has 2 fully saturated rings. The summed E-state index contributed by atoms with van der Waals surface area (Å²) in [6.45, 7) is 7.64. The van der Waals surface area contributed by atoms with Crippen molar-refractivity contribution in [3.8, 4) is 5.75 Å². The van der Waals surface area contributed by atoms with E-state index >= 15 is 0 Å². The Balaban J connectivity index is 1.40. The lowest BCUT2D eigenvalue weighted by atomic mass is 9.94. The maximum absolute atomic E-state index is 12.6. The van der Waals surface area contributed by atoms with E-state index in [0.29, 0.717) is 32.0 Å². The molecule has 0 bridgehead atoms. The first-order valence-electron chi connectivity index (χ1n) is 10.3. The summed E-state index contributed by atoms with van der Waals surface area (Å²) in [7, 11) is 0. The van der Waals surface area contributed by atoms with Gasteiger partial charge in [0.15, 0.2) is 0 Å². The van der Waals surface area contributed by atoms with Gasteiger partial charge in [-0.3, -0.25) is 9.59 Å². The molecule has 2 amide bonds. The maximum Gasteiger partial charge on any atom is 0.225 e. The van der Waals surface area contributed by atoms with Gasteiger partial charge in [0, 0.05) is 32.1 Å². The Morgan fingerprint density at radius 3 is 2.41 bits per heavy atom. The van der Waals surface area contributed by atoms with E-state index in [2.05, 4.69) is 6.07 Å². The molecular formula is C22H32N2O3. The molecule has 1 aromatic rings. The molecule has 0 radical (unpaired) electrons. The van der Waals surface area contributed by atoms with Crippen LogP contribution in [0.4, 0.5) is 0 Å². The Hall–Kier alpha value is -2.04. The molecule has 0 spiro atoms. The fourth-order valence-electron chi connectivity index (χ4n) is 4.02. The summed E-state index contributed by atoms with van der Waals surface area (Å²) in [5, 5.41) is 0. The van der Waals surface area contributed by atoms with Crippen molar-refractivity contribution in [1.82, 2.24) is 9.80 Å². The molecule has 3 rings (SSSR count). The van der Waals surface area contributed by atoms with Crippen molar-refractivity contribution in [2.45, 2.75) is 52.4 Å². The minimum absolute atomic E-state index is 0.0957. The van der Waals surface area contributed by atoms with Crippen molar-refractivity contribution >= 4 is 11.8 Å². The predicted molar refractivity (Wildman–Crippen MR) is 106 cm³/mol. The second kappa shape index (κ2) is 9.25. The lowest BCUT2D eigenvalue weighted by Crippen LogP contribution is -2.45. The smallest absolute Gasteiger partial charge is 0.225 e. The number of carbonyl (C=O) groups excluding carboxylic acids is 2. The average molecular weight is 373 g/mol. The quantitative estimate of drug-likeness (QED) is 0.797. The highest BCUT2D eigenvalue weighted by atomic mass is 16.5. The van der Waals surface area contributed by atoms with Gasteiger partial charge in [0.1, 0.15) is 5.75 Å². The topological polar surface area (TPSA) is 49.9 Å². The summed E-state index contributed by atoms with van der Waals surface area (Å²) < 4.78 is 5.81. The molecule has 2 heterocycles. The number of hydrogen-bond acceptors (Lipinski definition) is 3. The number of ether oxygens (including phenoxy) is 1. The molecule has 0 aliphatic carbocycles. The minimum Gasteiger partial charge on any atom is -0.493 e. The molecule has 5 heteroatoms. The Labute approximate surface area is 162 Å². The monoisotopic (exact) mass is 372 g/mol. The minimum atomic E-state index is 0.0957. The number of hydrogen-bond donors (Lipinski definition) is 0. The van der Waals surface area contributed by atoms with Gasteiger partial charge in [-0.05, 0) is 63.1 Å². The number of piperidine rings is 2. The van der Waals surface area contributed by atoms with Gasteiger partial charge in [0.25, 0.3) is 0 Å². The normalized spacial score (nSPS) is 18.4. The highest BCUT2D eigenvalue weighted by Crippen LogP contribution is 2.23. The van der Waals surface area contributed by atoms with Crippen LogP contribution < -0.4 is 4.74 Å². The largest absolute Gasteiger partial charge is 0.493 e. The van der Waals surface area contributed by atoms with Gasteiger partial charge in [-0.2, -0.15) is 0 Å². The Bertz CT molecular complexity index is 660. The van der Waals surface area contributed by atoms with Crippen molar-refractivity contribution in [3.63, 3.8) is 0 Å². The first-order chi connectivity index (χ1) is 13.0. The van der Waals surface area contributed by atoms with Gasteiger partial charge in [-0.1, -0.05) is 12.1 Å². The highest BCUT2D eigenvalue weighted by Gasteiger charge is 2.30. The van der Waals surface area contributed by atoms with Gasteiger partial charge in [0.05, 0.1) is 13.0 Å². The van der Waals surface area contributed by atoms with Crippen LogP contribution >= 0.6 is 0 Å². The van der Waals surface area contributed by atoms with E-state index in [1.807, 2.05) is 35.8 Å². The van der Waals surface area contributed by atoms with Crippen LogP contribution in [0, 0.1) is 19.8 Å². The van der Waals surface area contributed by atoms with Crippen LogP contribution in [0.25, 0.3) is 0 Å². The first kappa shape index (κ1) is 19.7. The molecule has 0 saturated carbocycles. The Morgan fingerprint density at radius 1 is 1.00 bits per heavy atom. The van der Waals surface area contributed by atoms with Gasteiger partial charge in [-0.25, -0.2) is 0 Å². The molecule has 2 aliphatic heterocycles. The number of carbonyl (C=O) groups is 2. The number of benzene rings is 1. The number of rotatable bonds is 5. The summed E-state index contributed by atoms with van der Waals surface area (Å²) in [5.41, 5.74) is 2.24. The standard InChI is InChI=1S/C22H32N2O3/c1-17-6-7-18(2)20(16-17)27-15-10-21(25)23-13-8-19(9-14-23)22(26)24-11-4-3-5-12-24/h6-7,16,19H,3-5,8-15H2,1-2H3. The van der Waals surface area contributed by atoms with Crippen LogP contribution in [0.1, 0.15) is 49.7 Å². The van der Waals surface area contributed by atoms with Crippen LogP contribution in [0.5, 0.6) is 5.75 Å². The molecule has 1 aromatic carbocycles. The van der Waals surface area contributed by atoms with Crippen LogP contribution in [0.3, 0.4) is 0 Å². The van der Waals surface area contributed by atoms with Crippen LogP contribution in [0.15, 0.2) is 18.2 Å². The number of nitrogens with zero attached hydrogens (tertiary/aromatic N) is 2. The highest BCUT2D eigenvalue weighted by molar-refractivity contribution is 5.80. The second-order valence-electron chi connectivity index (χ2n) is 7.91. The van der Waals surface area contributed by atoms with E-state index in [0.717, 1.165) is 55.6 Å². The zero-order valence-corrected chi connectivity index (χ0v) is 16.7. The van der Waals surface area contributed by atoms with Gasteiger partial charge < -0.3 is 14.5 Å². The summed E-state index contributed by atoms with van der Waals surface area (Å²) in [4.78, 5) is 29.0. The molecule has 2 aliphatic rings. The van der Waals surface area contributed by atoms with E-state index in [4.69, 9.17) is 4.74 Å². The molecule has 27 heavy (non-hydrogen) atoms. The van der Waals surface area contributed by atoms with Crippen molar-refractivity contribution in [1.29, 1.82) is 0 Å². The molecule has 0 aromatic heterocycles. The van der Waals surface area contributed by atoms with Crippen LogP contribution in [0.2, 0.25) is 0 Å². The summed E-state index contributed by atoms with van der Waals surface area (Å²) >= 11 is 0. The lowest BCUT2D eigenvalue weighted by molar-refractivity contribution is -0.141. The molecular weight excluding hydrogens is 340 g/mol. The third-order valence-electron chi connectivity index (χ3n) is 5.78. The molecule has 2 saturated heterocycles. The van der Waals surface area contributed by atoms with E-state index in [9.17, 15) is 9.59 Å². The van der Waals surface area contributed by atoms with Crippen molar-refractivity contribution in [3.05, 3.63) is 29.3 Å². The first-order valence-corrected chi connectivity index (χ1v) is 10.3. The molecule has 0 atom stereocenters. The van der Waals surface area contributed by atoms with Crippen LogP contribution in [-0.4, -0.2) is 54.4 Å². The summed E-state index contributed by atoms with van der Waals surface area (Å²) in [5.74, 6) is 1.39. The average Bonchev–Trinajstić information content (AvgIpc) is 2.70. The third-order valence-corrected chi connectivity index (χ3v) is 5.78. The third kappa shape index (κ3) is 5.24. The molecule has 148 valence electrons. The zero-order chi connectivity index (χ0) is 19.2. The summed E-state index contributed by atoms with van der Waals surface area (Å²) in [6.07, 6.45) is 5.46. The van der Waals surface area contributed by atoms with E-state index in [1.165, 1.54) is 6.42 Å². The van der Waals surface area contributed by atoms with E-state index < -0.39 is 0 Å². The molecule has 5 nitrogen and oxygen atoms in total. The van der Waals surface area contributed by atoms with Gasteiger partial charge in [-0.15, -0.1) is 0 Å². The van der Waals surface area contributed by atoms with E-state index in [-0.39, 0.29) is 11.8 Å². The van der Waals surface area contributed by atoms with Crippen molar-refractivity contribution < 1.29 is 14.3 Å². The number of aryl methyl sites for hydroxylation is 2. The number of amides is 2. The van der Waals surface area contributed by atoms with Crippen molar-refractivity contribution in [2.75, 3.05) is 32.8 Å². The number of likely N-dealkylation sites (tertiary alicyclic amines) is 2. The molecule has 0 unspecified atom stereocenters. The van der Waals surface area contributed by atoms with Crippen molar-refractivity contribution in [2.24, 2.45) is 5.92 Å². The Kier molecular flexibility index (Phi) is 6.75. The lowest BCUT2D eigenvalue weighted by Gasteiger charge is -2.35. The van der Waals surface area contributed by atoms with Gasteiger partial charge in [0.2, 0.25) is 11.8 Å². The van der Waals surface area contributed by atoms with Gasteiger partial charge >= 0.3 is 0 Å².